The second-order valence-corrected chi connectivity index (χ2v) is 9.68. The zero-order valence-corrected chi connectivity index (χ0v) is 19.6. The number of hydrogen-bond acceptors (Lipinski definition) is 7. The first-order chi connectivity index (χ1) is 16.8. The molecule has 1 aromatic carbocycles. The lowest BCUT2D eigenvalue weighted by Crippen LogP contribution is -2.29. The smallest absolute Gasteiger partial charge is 0.224 e. The SMILES string of the molecule is NC(=O)C1CCC(n2c(Nc3ccc(Cl)c(F)c3F)nc3cnc(N[C@@H]4CC[C@@H](O)C4)nc32)CC1. The normalized spacial score (nSPS) is 24.6. The fourth-order valence-corrected chi connectivity index (χ4v) is 5.17. The summed E-state index contributed by atoms with van der Waals surface area (Å²) in [7, 11) is 0. The highest BCUT2D eigenvalue weighted by molar-refractivity contribution is 6.30. The lowest BCUT2D eigenvalue weighted by Gasteiger charge is -2.29. The summed E-state index contributed by atoms with van der Waals surface area (Å²) in [5.74, 6) is -2.08. The van der Waals surface area contributed by atoms with E-state index in [2.05, 4.69) is 25.6 Å². The van der Waals surface area contributed by atoms with Crippen molar-refractivity contribution in [3.05, 3.63) is 35.0 Å². The lowest BCUT2D eigenvalue weighted by atomic mass is 9.85. The Labute approximate surface area is 205 Å². The van der Waals surface area contributed by atoms with Crippen LogP contribution in [0.2, 0.25) is 5.02 Å². The number of rotatable bonds is 6. The molecule has 2 aliphatic carbocycles. The largest absolute Gasteiger partial charge is 0.393 e. The molecule has 35 heavy (non-hydrogen) atoms. The van der Waals surface area contributed by atoms with Gasteiger partial charge in [-0.2, -0.15) is 4.98 Å². The predicted octanol–water partition coefficient (Wildman–Crippen LogP) is 4.04. The van der Waals surface area contributed by atoms with Crippen molar-refractivity contribution in [2.75, 3.05) is 10.6 Å². The first-order valence-corrected chi connectivity index (χ1v) is 12.1. The molecule has 0 saturated heterocycles. The number of anilines is 3. The number of primary amides is 1. The third-order valence-electron chi connectivity index (χ3n) is 6.92. The third-order valence-corrected chi connectivity index (χ3v) is 7.21. The number of hydrogen-bond donors (Lipinski definition) is 4. The van der Waals surface area contributed by atoms with Crippen molar-refractivity contribution in [1.29, 1.82) is 0 Å². The Morgan fingerprint density at radius 3 is 2.57 bits per heavy atom. The molecule has 2 saturated carbocycles. The van der Waals surface area contributed by atoms with E-state index in [-0.39, 0.29) is 46.7 Å². The van der Waals surface area contributed by atoms with Crippen molar-refractivity contribution >= 4 is 46.3 Å². The molecule has 2 aromatic heterocycles. The highest BCUT2D eigenvalue weighted by Crippen LogP contribution is 2.37. The Bertz CT molecular complexity index is 1260. The Balaban J connectivity index is 1.52. The highest BCUT2D eigenvalue weighted by atomic mass is 35.5. The molecule has 0 spiro atoms. The Morgan fingerprint density at radius 2 is 1.89 bits per heavy atom. The van der Waals surface area contributed by atoms with Crippen LogP contribution in [-0.4, -0.2) is 42.7 Å². The molecule has 186 valence electrons. The number of amides is 1. The van der Waals surface area contributed by atoms with Gasteiger partial charge in [0, 0.05) is 18.0 Å². The third kappa shape index (κ3) is 4.74. The number of halogens is 3. The Kier molecular flexibility index (Phi) is 6.45. The number of aromatic nitrogens is 4. The van der Waals surface area contributed by atoms with Crippen LogP contribution in [0, 0.1) is 17.6 Å². The summed E-state index contributed by atoms with van der Waals surface area (Å²) in [4.78, 5) is 25.3. The number of aliphatic hydroxyl groups is 1. The van der Waals surface area contributed by atoms with E-state index in [1.54, 1.807) is 6.20 Å². The first-order valence-electron chi connectivity index (χ1n) is 11.7. The summed E-state index contributed by atoms with van der Waals surface area (Å²) in [6, 6.07) is 2.59. The van der Waals surface area contributed by atoms with Gasteiger partial charge in [0.25, 0.3) is 0 Å². The molecule has 5 N–H and O–H groups in total. The summed E-state index contributed by atoms with van der Waals surface area (Å²) in [5, 5.41) is 15.7. The van der Waals surface area contributed by atoms with Crippen LogP contribution in [0.15, 0.2) is 18.3 Å². The van der Waals surface area contributed by atoms with Gasteiger partial charge < -0.3 is 21.5 Å². The molecule has 2 atom stereocenters. The average Bonchev–Trinajstić information content (AvgIpc) is 3.41. The number of nitrogens with two attached hydrogens (primary N) is 1. The van der Waals surface area contributed by atoms with E-state index >= 15 is 0 Å². The summed E-state index contributed by atoms with van der Waals surface area (Å²) in [5.41, 5.74) is 6.40. The number of carbonyl (C=O) groups is 1. The minimum Gasteiger partial charge on any atom is -0.393 e. The Hall–Kier alpha value is -3.05. The molecule has 0 unspecified atom stereocenters. The van der Waals surface area contributed by atoms with Crippen LogP contribution in [0.4, 0.5) is 26.4 Å². The molecule has 0 bridgehead atoms. The van der Waals surface area contributed by atoms with Crippen molar-refractivity contribution in [3.8, 4) is 0 Å². The molecule has 1 amide bonds. The molecule has 0 aliphatic heterocycles. The number of nitrogens with zero attached hydrogens (tertiary/aromatic N) is 4. The summed E-state index contributed by atoms with van der Waals surface area (Å²) < 4.78 is 30.5. The van der Waals surface area contributed by atoms with Crippen molar-refractivity contribution in [3.63, 3.8) is 0 Å². The maximum Gasteiger partial charge on any atom is 0.224 e. The second kappa shape index (κ2) is 9.54. The topological polar surface area (TPSA) is 131 Å². The van der Waals surface area contributed by atoms with Gasteiger partial charge in [0.05, 0.1) is 23.0 Å². The quantitative estimate of drug-likeness (QED) is 0.372. The molecule has 12 heteroatoms. The van der Waals surface area contributed by atoms with E-state index in [9.17, 15) is 18.7 Å². The summed E-state index contributed by atoms with van der Waals surface area (Å²) >= 11 is 5.70. The van der Waals surface area contributed by atoms with Crippen LogP contribution < -0.4 is 16.4 Å². The zero-order valence-electron chi connectivity index (χ0n) is 18.8. The van der Waals surface area contributed by atoms with Gasteiger partial charge in [0.2, 0.25) is 17.8 Å². The van der Waals surface area contributed by atoms with E-state index in [1.165, 1.54) is 12.1 Å². The fraction of sp³-hybridized carbons (Fsp3) is 0.478. The molecule has 3 aromatic rings. The molecule has 0 radical (unpaired) electrons. The highest BCUT2D eigenvalue weighted by Gasteiger charge is 2.30. The number of nitrogens with one attached hydrogen (secondary N) is 2. The monoisotopic (exact) mass is 505 g/mol. The first kappa shape index (κ1) is 23.7. The zero-order chi connectivity index (χ0) is 24.7. The van der Waals surface area contributed by atoms with Crippen LogP contribution in [0.25, 0.3) is 11.2 Å². The lowest BCUT2D eigenvalue weighted by molar-refractivity contribution is -0.122. The molecule has 9 nitrogen and oxygen atoms in total. The fourth-order valence-electron chi connectivity index (χ4n) is 5.03. The maximum absolute atomic E-state index is 14.6. The van der Waals surface area contributed by atoms with E-state index in [1.807, 2.05) is 4.57 Å². The number of carbonyl (C=O) groups excluding carboxylic acids is 1. The van der Waals surface area contributed by atoms with Crippen molar-refractivity contribution in [2.24, 2.45) is 11.7 Å². The number of aliphatic hydroxyl groups excluding tert-OH is 1. The van der Waals surface area contributed by atoms with Crippen LogP contribution in [-0.2, 0) is 4.79 Å². The van der Waals surface area contributed by atoms with Crippen LogP contribution >= 0.6 is 11.6 Å². The molecular formula is C23H26ClF2N7O2. The summed E-state index contributed by atoms with van der Waals surface area (Å²) in [6.45, 7) is 0. The van der Waals surface area contributed by atoms with Gasteiger partial charge in [0.1, 0.15) is 5.52 Å². The van der Waals surface area contributed by atoms with Crippen molar-refractivity contribution in [1.82, 2.24) is 19.5 Å². The summed E-state index contributed by atoms with van der Waals surface area (Å²) in [6.07, 6.45) is 5.90. The van der Waals surface area contributed by atoms with Gasteiger partial charge in [-0.3, -0.25) is 9.36 Å². The van der Waals surface area contributed by atoms with Gasteiger partial charge in [-0.15, -0.1) is 0 Å². The number of imidazole rings is 1. The van der Waals surface area contributed by atoms with Gasteiger partial charge >= 0.3 is 0 Å². The maximum atomic E-state index is 14.6. The van der Waals surface area contributed by atoms with E-state index < -0.39 is 11.6 Å². The minimum atomic E-state index is -1.15. The van der Waals surface area contributed by atoms with Gasteiger partial charge in [-0.05, 0) is 57.1 Å². The van der Waals surface area contributed by atoms with Crippen molar-refractivity contribution in [2.45, 2.75) is 63.1 Å². The van der Waals surface area contributed by atoms with Gasteiger partial charge in [-0.25, -0.2) is 18.7 Å². The Morgan fingerprint density at radius 1 is 1.11 bits per heavy atom. The van der Waals surface area contributed by atoms with Crippen molar-refractivity contribution < 1.29 is 18.7 Å². The van der Waals surface area contributed by atoms with E-state index in [0.717, 1.165) is 12.8 Å². The van der Waals surface area contributed by atoms with Gasteiger partial charge in [0.15, 0.2) is 17.3 Å². The van der Waals surface area contributed by atoms with E-state index in [4.69, 9.17) is 17.3 Å². The van der Waals surface area contributed by atoms with E-state index in [0.29, 0.717) is 49.2 Å². The van der Waals surface area contributed by atoms with Gasteiger partial charge in [-0.1, -0.05) is 11.6 Å². The molecule has 5 rings (SSSR count). The van der Waals surface area contributed by atoms with Crippen LogP contribution in [0.5, 0.6) is 0 Å². The predicted molar refractivity (Wildman–Crippen MR) is 127 cm³/mol. The minimum absolute atomic E-state index is 0.0635. The molecule has 2 heterocycles. The number of benzene rings is 1. The number of fused-ring (bicyclic) bond motifs is 1. The average molecular weight is 506 g/mol. The molecule has 2 aliphatic rings. The van der Waals surface area contributed by atoms with Crippen LogP contribution in [0.3, 0.4) is 0 Å². The molecular weight excluding hydrogens is 480 g/mol. The second-order valence-electron chi connectivity index (χ2n) is 9.27. The molecule has 2 fully saturated rings. The van der Waals surface area contributed by atoms with Crippen LogP contribution in [0.1, 0.15) is 51.0 Å². The standard InChI is InChI=1S/C23H26ClF2N7O2/c24-15-7-8-16(19(26)18(15)25)30-23-31-17-10-28-22(29-12-3-6-14(34)9-12)32-21(17)33(23)13-4-1-11(2-5-13)20(27)35/h7-8,10-14,34H,1-6,9H2,(H2,27,35)(H,30,31)(H,28,29,32)/t11?,12-,13?,14-/m1/s1.